The van der Waals surface area contributed by atoms with Gasteiger partial charge in [0.25, 0.3) is 15.9 Å². The number of nitrogens with zero attached hydrogens (tertiary/aromatic N) is 2. The molecule has 0 aliphatic carbocycles. The van der Waals surface area contributed by atoms with E-state index >= 15 is 0 Å². The van der Waals surface area contributed by atoms with Crippen LogP contribution in [0.25, 0.3) is 0 Å². The lowest BCUT2D eigenvalue weighted by molar-refractivity contribution is 0.103. The predicted octanol–water partition coefficient (Wildman–Crippen LogP) is 4.62. The highest BCUT2D eigenvalue weighted by Gasteiger charge is 2.32. The quantitative estimate of drug-likeness (QED) is 0.569. The zero-order valence-corrected chi connectivity index (χ0v) is 19.5. The third kappa shape index (κ3) is 4.39. The molecule has 2 aromatic carbocycles. The number of fused-ring (bicyclic) bond motifs is 1. The van der Waals surface area contributed by atoms with Crippen molar-refractivity contribution in [3.63, 3.8) is 0 Å². The first-order valence-electron chi connectivity index (χ1n) is 10.0. The van der Waals surface area contributed by atoms with E-state index in [1.165, 1.54) is 17.4 Å². The number of nitrogens with one attached hydrogen (secondary N) is 1. The number of carbonyl (C=O) groups excluding carboxylic acids is 1. The van der Waals surface area contributed by atoms with Gasteiger partial charge >= 0.3 is 0 Å². The molecule has 1 aliphatic heterocycles. The maximum absolute atomic E-state index is 13.1. The van der Waals surface area contributed by atoms with Gasteiger partial charge in [-0.15, -0.1) is 15.7 Å². The Hall–Kier alpha value is -3.17. The number of amidine groups is 1. The Kier molecular flexibility index (Phi) is 6.03. The van der Waals surface area contributed by atoms with Crippen molar-refractivity contribution in [2.45, 2.75) is 18.7 Å². The van der Waals surface area contributed by atoms with Crippen molar-refractivity contribution in [1.29, 1.82) is 0 Å². The molecule has 0 spiro atoms. The molecule has 1 aromatic heterocycles. The van der Waals surface area contributed by atoms with Crippen LogP contribution in [0.15, 0.2) is 69.3 Å². The zero-order valence-electron chi connectivity index (χ0n) is 17.9. The molecule has 7 nitrogen and oxygen atoms in total. The molecule has 2 heterocycles. The maximum Gasteiger partial charge on any atom is 0.286 e. The summed E-state index contributed by atoms with van der Waals surface area (Å²) in [7, 11) is -2.39. The minimum Gasteiger partial charge on any atom is -0.497 e. The molecule has 0 saturated carbocycles. The minimum absolute atomic E-state index is 0.0689. The molecule has 1 N–H and O–H groups in total. The van der Waals surface area contributed by atoms with E-state index in [1.54, 1.807) is 55.6 Å². The second kappa shape index (κ2) is 8.76. The molecule has 0 radical (unpaired) electrons. The van der Waals surface area contributed by atoms with Crippen LogP contribution in [-0.4, -0.2) is 33.8 Å². The van der Waals surface area contributed by atoms with Gasteiger partial charge in [0.1, 0.15) is 10.6 Å². The summed E-state index contributed by atoms with van der Waals surface area (Å²) in [6, 6.07) is 15.5. The Morgan fingerprint density at radius 3 is 2.53 bits per heavy atom. The second-order valence-electron chi connectivity index (χ2n) is 7.74. The maximum atomic E-state index is 13.1. The summed E-state index contributed by atoms with van der Waals surface area (Å²) in [5, 5.41) is 4.58. The van der Waals surface area contributed by atoms with Crippen LogP contribution < -0.4 is 15.0 Å². The van der Waals surface area contributed by atoms with Crippen molar-refractivity contribution >= 4 is 44.5 Å². The summed E-state index contributed by atoms with van der Waals surface area (Å²) in [5.74, 6) is 1.01. The monoisotopic (exact) mass is 469 g/mol. The molecule has 9 heteroatoms. The zero-order chi connectivity index (χ0) is 22.9. The number of sulfonamides is 1. The van der Waals surface area contributed by atoms with Crippen LogP contribution in [0.3, 0.4) is 0 Å². The van der Waals surface area contributed by atoms with Gasteiger partial charge < -0.3 is 15.0 Å². The molecular weight excluding hydrogens is 446 g/mol. The first-order chi connectivity index (χ1) is 15.3. The Morgan fingerprint density at radius 1 is 1.16 bits per heavy atom. The third-order valence-electron chi connectivity index (χ3n) is 4.89. The molecular formula is C23H23N3O4S2. The van der Waals surface area contributed by atoms with Gasteiger partial charge in [-0.3, -0.25) is 4.79 Å². The molecule has 0 atom stereocenters. The van der Waals surface area contributed by atoms with Crippen LogP contribution >= 0.6 is 11.3 Å². The Balaban J connectivity index is 1.75. The van der Waals surface area contributed by atoms with Crippen LogP contribution in [-0.2, 0) is 10.0 Å². The summed E-state index contributed by atoms with van der Waals surface area (Å²) >= 11 is 1.32. The smallest absolute Gasteiger partial charge is 0.286 e. The van der Waals surface area contributed by atoms with E-state index in [-0.39, 0.29) is 16.7 Å². The van der Waals surface area contributed by atoms with E-state index in [0.717, 1.165) is 0 Å². The molecule has 166 valence electrons. The summed E-state index contributed by atoms with van der Waals surface area (Å²) < 4.78 is 35.6. The van der Waals surface area contributed by atoms with Crippen molar-refractivity contribution in [3.05, 3.63) is 70.4 Å². The third-order valence-corrected chi connectivity index (χ3v) is 7.05. The summed E-state index contributed by atoms with van der Waals surface area (Å²) in [6.07, 6.45) is 0. The number of benzene rings is 2. The van der Waals surface area contributed by atoms with Gasteiger partial charge in [0.15, 0.2) is 5.84 Å². The van der Waals surface area contributed by atoms with E-state index in [9.17, 15) is 13.2 Å². The number of rotatable bonds is 6. The van der Waals surface area contributed by atoms with E-state index in [1.807, 2.05) is 10.3 Å². The van der Waals surface area contributed by atoms with E-state index in [0.29, 0.717) is 39.9 Å². The Labute approximate surface area is 191 Å². The first kappa shape index (κ1) is 22.0. The number of anilines is 2. The summed E-state index contributed by atoms with van der Waals surface area (Å²) in [4.78, 5) is 14.9. The number of amides is 1. The van der Waals surface area contributed by atoms with Crippen molar-refractivity contribution in [3.8, 4) is 5.75 Å². The molecule has 1 aliphatic rings. The largest absolute Gasteiger partial charge is 0.497 e. The predicted molar refractivity (Wildman–Crippen MR) is 128 cm³/mol. The number of methoxy groups -OCH3 is 1. The Bertz CT molecular complexity index is 1270. The normalized spacial score (nSPS) is 14.6. The number of thiophene rings is 1. The van der Waals surface area contributed by atoms with E-state index < -0.39 is 10.0 Å². The molecule has 0 bridgehead atoms. The standard InChI is InChI=1S/C23H23N3O4S2/c1-15(2)14-26-19-11-8-17(24-23(27)20-5-4-12-31-20)13-21(19)32(28,29)25-22(26)16-6-9-18(30-3)10-7-16/h4-13,15H,14H2,1-3H3,(H,24,27). The summed E-state index contributed by atoms with van der Waals surface area (Å²) in [6.45, 7) is 4.70. The molecule has 32 heavy (non-hydrogen) atoms. The van der Waals surface area contributed by atoms with Crippen LogP contribution in [0.1, 0.15) is 29.1 Å². The van der Waals surface area contributed by atoms with Crippen molar-refractivity contribution in [2.24, 2.45) is 10.3 Å². The van der Waals surface area contributed by atoms with Crippen molar-refractivity contribution in [1.82, 2.24) is 0 Å². The Morgan fingerprint density at radius 2 is 1.91 bits per heavy atom. The molecule has 0 saturated heterocycles. The van der Waals surface area contributed by atoms with Crippen LogP contribution in [0, 0.1) is 5.92 Å². The fourth-order valence-corrected chi connectivity index (χ4v) is 5.31. The van der Waals surface area contributed by atoms with Crippen molar-refractivity contribution < 1.29 is 17.9 Å². The highest BCUT2D eigenvalue weighted by Crippen LogP contribution is 2.36. The average Bonchev–Trinajstić information content (AvgIpc) is 3.31. The lowest BCUT2D eigenvalue weighted by Gasteiger charge is -2.32. The highest BCUT2D eigenvalue weighted by atomic mass is 32.2. The lowest BCUT2D eigenvalue weighted by atomic mass is 10.1. The number of carbonyl (C=O) groups is 1. The van der Waals surface area contributed by atoms with Crippen LogP contribution in [0.2, 0.25) is 0 Å². The van der Waals surface area contributed by atoms with Gasteiger partial charge in [0.05, 0.1) is 17.7 Å². The van der Waals surface area contributed by atoms with Gasteiger partial charge in [-0.25, -0.2) is 0 Å². The second-order valence-corrected chi connectivity index (χ2v) is 10.3. The highest BCUT2D eigenvalue weighted by molar-refractivity contribution is 7.90. The van der Waals surface area contributed by atoms with Gasteiger partial charge in [-0.05, 0) is 59.8 Å². The van der Waals surface area contributed by atoms with E-state index in [4.69, 9.17) is 4.74 Å². The topological polar surface area (TPSA) is 88.1 Å². The average molecular weight is 470 g/mol. The van der Waals surface area contributed by atoms with Gasteiger partial charge in [-0.1, -0.05) is 19.9 Å². The van der Waals surface area contributed by atoms with Crippen LogP contribution in [0.5, 0.6) is 5.75 Å². The number of ether oxygens (including phenoxy) is 1. The SMILES string of the molecule is COc1ccc(C2=NS(=O)(=O)c3cc(NC(=O)c4cccs4)ccc3N2CC(C)C)cc1. The van der Waals surface area contributed by atoms with Crippen LogP contribution in [0.4, 0.5) is 11.4 Å². The molecule has 4 rings (SSSR count). The fourth-order valence-electron chi connectivity index (χ4n) is 3.45. The molecule has 1 amide bonds. The minimum atomic E-state index is -3.97. The fraction of sp³-hybridized carbons (Fsp3) is 0.217. The number of hydrogen-bond acceptors (Lipinski definition) is 6. The number of hydrogen-bond donors (Lipinski definition) is 1. The molecule has 0 fully saturated rings. The first-order valence-corrected chi connectivity index (χ1v) is 12.4. The lowest BCUT2D eigenvalue weighted by Crippen LogP contribution is -2.39. The van der Waals surface area contributed by atoms with Gasteiger partial charge in [0, 0.05) is 17.8 Å². The van der Waals surface area contributed by atoms with E-state index in [2.05, 4.69) is 23.6 Å². The van der Waals surface area contributed by atoms with Crippen molar-refractivity contribution in [2.75, 3.05) is 23.9 Å². The van der Waals surface area contributed by atoms with Gasteiger partial charge in [0.2, 0.25) is 0 Å². The summed E-state index contributed by atoms with van der Waals surface area (Å²) in [5.41, 5.74) is 1.61. The van der Waals surface area contributed by atoms with Gasteiger partial charge in [-0.2, -0.15) is 8.42 Å². The molecule has 3 aromatic rings. The molecule has 0 unspecified atom stereocenters.